The third-order valence-corrected chi connectivity index (χ3v) is 2.28. The van der Waals surface area contributed by atoms with Crippen molar-refractivity contribution in [3.63, 3.8) is 0 Å². The van der Waals surface area contributed by atoms with Crippen LogP contribution >= 0.6 is 0 Å². The van der Waals surface area contributed by atoms with Crippen LogP contribution in [0.2, 0.25) is 0 Å². The van der Waals surface area contributed by atoms with Crippen molar-refractivity contribution in [1.29, 1.82) is 0 Å². The highest BCUT2D eigenvalue weighted by molar-refractivity contribution is 6.02. The van der Waals surface area contributed by atoms with E-state index in [0.29, 0.717) is 0 Å². The van der Waals surface area contributed by atoms with Crippen LogP contribution in [0.5, 0.6) is 0 Å². The van der Waals surface area contributed by atoms with Crippen LogP contribution in [0, 0.1) is 0 Å². The van der Waals surface area contributed by atoms with E-state index in [-0.39, 0.29) is 16.5 Å². The number of benzene rings is 1. The van der Waals surface area contributed by atoms with E-state index in [4.69, 9.17) is 0 Å². The lowest BCUT2D eigenvalue weighted by Crippen LogP contribution is -2.24. The third-order valence-electron chi connectivity index (χ3n) is 2.28. The van der Waals surface area contributed by atoms with Crippen LogP contribution in [0.1, 0.15) is 0 Å². The molecule has 0 aliphatic heterocycles. The Kier molecular flexibility index (Phi) is 2.92. The highest BCUT2D eigenvalue weighted by Gasteiger charge is 2.17. The third kappa shape index (κ3) is 1.99. The smallest absolute Gasteiger partial charge is 0.315 e. The molecule has 1 aromatic carbocycles. The molecule has 1 amide bonds. The van der Waals surface area contributed by atoms with E-state index < -0.39 is 23.5 Å². The lowest BCUT2D eigenvalue weighted by atomic mass is 10.1. The Hall–Kier alpha value is -2.51. The van der Waals surface area contributed by atoms with Crippen molar-refractivity contribution >= 4 is 22.4 Å². The SMILES string of the molecule is O=C(Nc1cccc2c(=O)[nH][nH]c(=O)c12)C(F)F. The molecule has 0 radical (unpaired) electrons. The predicted molar refractivity (Wildman–Crippen MR) is 59.8 cm³/mol. The van der Waals surface area contributed by atoms with Gasteiger partial charge in [0.15, 0.2) is 0 Å². The number of amides is 1. The Labute approximate surface area is 97.6 Å². The molecule has 0 fully saturated rings. The van der Waals surface area contributed by atoms with E-state index in [9.17, 15) is 23.2 Å². The van der Waals surface area contributed by atoms with Crippen LogP contribution in [-0.4, -0.2) is 22.5 Å². The molecule has 0 unspecified atom stereocenters. The van der Waals surface area contributed by atoms with E-state index in [1.165, 1.54) is 18.2 Å². The highest BCUT2D eigenvalue weighted by Crippen LogP contribution is 2.17. The molecule has 1 aromatic heterocycles. The molecule has 3 N–H and O–H groups in total. The molecular formula is C10H7F2N3O3. The number of carbonyl (C=O) groups excluding carboxylic acids is 1. The first-order valence-corrected chi connectivity index (χ1v) is 4.83. The first-order valence-electron chi connectivity index (χ1n) is 4.83. The van der Waals surface area contributed by atoms with Gasteiger partial charge in [0.25, 0.3) is 17.0 Å². The molecule has 2 aromatic rings. The second kappa shape index (κ2) is 4.40. The fourth-order valence-electron chi connectivity index (χ4n) is 1.52. The molecule has 0 aliphatic rings. The molecule has 0 saturated carbocycles. The monoisotopic (exact) mass is 255 g/mol. The number of carbonyl (C=O) groups is 1. The van der Waals surface area contributed by atoms with Gasteiger partial charge in [-0.3, -0.25) is 24.6 Å². The minimum absolute atomic E-state index is 0.00539. The van der Waals surface area contributed by atoms with Gasteiger partial charge in [0.2, 0.25) is 0 Å². The average Bonchev–Trinajstić information content (AvgIpc) is 2.34. The van der Waals surface area contributed by atoms with Gasteiger partial charge in [-0.25, -0.2) is 0 Å². The molecule has 1 heterocycles. The van der Waals surface area contributed by atoms with Gasteiger partial charge in [-0.05, 0) is 12.1 Å². The Morgan fingerprint density at radius 1 is 1.17 bits per heavy atom. The molecule has 0 saturated heterocycles. The van der Waals surface area contributed by atoms with E-state index in [2.05, 4.69) is 10.2 Å². The average molecular weight is 255 g/mol. The molecular weight excluding hydrogens is 248 g/mol. The van der Waals surface area contributed by atoms with Gasteiger partial charge in [0.05, 0.1) is 16.5 Å². The predicted octanol–water partition coefficient (Wildman–Crippen LogP) is 0.420. The number of aromatic nitrogens is 2. The summed E-state index contributed by atoms with van der Waals surface area (Å²) in [5.74, 6) is -1.54. The van der Waals surface area contributed by atoms with Crippen LogP contribution in [0.25, 0.3) is 10.8 Å². The zero-order valence-electron chi connectivity index (χ0n) is 8.79. The van der Waals surface area contributed by atoms with Crippen LogP contribution < -0.4 is 16.4 Å². The van der Waals surface area contributed by atoms with Gasteiger partial charge < -0.3 is 5.32 Å². The number of rotatable bonds is 2. The molecule has 8 heteroatoms. The summed E-state index contributed by atoms with van der Waals surface area (Å²) in [5.41, 5.74) is -1.40. The molecule has 0 atom stereocenters. The number of hydrogen-bond donors (Lipinski definition) is 3. The van der Waals surface area contributed by atoms with Crippen molar-refractivity contribution in [2.45, 2.75) is 6.43 Å². The molecule has 0 aliphatic carbocycles. The molecule has 94 valence electrons. The molecule has 2 rings (SSSR count). The van der Waals surface area contributed by atoms with Crippen LogP contribution in [0.4, 0.5) is 14.5 Å². The van der Waals surface area contributed by atoms with Crippen LogP contribution in [0.15, 0.2) is 27.8 Å². The number of H-pyrrole nitrogens is 2. The standard InChI is InChI=1S/C10H7F2N3O3/c11-7(12)10(18)13-5-3-1-2-4-6(5)9(17)15-14-8(4)16/h1-3,7H,(H,13,18)(H,14,16)(H,15,17). The van der Waals surface area contributed by atoms with Gasteiger partial charge in [-0.1, -0.05) is 6.07 Å². The van der Waals surface area contributed by atoms with Gasteiger partial charge in [-0.2, -0.15) is 8.78 Å². The summed E-state index contributed by atoms with van der Waals surface area (Å²) in [6, 6.07) is 3.98. The summed E-state index contributed by atoms with van der Waals surface area (Å²) in [7, 11) is 0. The number of halogens is 2. The van der Waals surface area contributed by atoms with E-state index in [0.717, 1.165) is 0 Å². The highest BCUT2D eigenvalue weighted by atomic mass is 19.3. The lowest BCUT2D eigenvalue weighted by Gasteiger charge is -2.06. The number of anilines is 1. The number of alkyl halides is 2. The minimum atomic E-state index is -3.21. The Morgan fingerprint density at radius 3 is 2.50 bits per heavy atom. The molecule has 18 heavy (non-hydrogen) atoms. The molecule has 0 bridgehead atoms. The second-order valence-electron chi connectivity index (χ2n) is 3.43. The Balaban J connectivity index is 2.66. The zero-order chi connectivity index (χ0) is 13.3. The summed E-state index contributed by atoms with van der Waals surface area (Å²) in [6.45, 7) is 0. The summed E-state index contributed by atoms with van der Waals surface area (Å²) in [5, 5.41) is 5.90. The molecule has 6 nitrogen and oxygen atoms in total. The van der Waals surface area contributed by atoms with E-state index in [1.807, 2.05) is 5.32 Å². The van der Waals surface area contributed by atoms with Crippen molar-refractivity contribution in [2.24, 2.45) is 0 Å². The second-order valence-corrected chi connectivity index (χ2v) is 3.43. The zero-order valence-corrected chi connectivity index (χ0v) is 8.79. The first-order chi connectivity index (χ1) is 8.50. The normalized spacial score (nSPS) is 10.8. The van der Waals surface area contributed by atoms with Crippen LogP contribution in [0.3, 0.4) is 0 Å². The lowest BCUT2D eigenvalue weighted by molar-refractivity contribution is -0.126. The van der Waals surface area contributed by atoms with Crippen molar-refractivity contribution in [2.75, 3.05) is 5.32 Å². The summed E-state index contributed by atoms with van der Waals surface area (Å²) >= 11 is 0. The largest absolute Gasteiger partial charge is 0.320 e. The van der Waals surface area contributed by atoms with E-state index in [1.54, 1.807) is 0 Å². The number of nitrogens with one attached hydrogen (secondary N) is 3. The van der Waals surface area contributed by atoms with Crippen molar-refractivity contribution in [3.8, 4) is 0 Å². The summed E-state index contributed by atoms with van der Waals surface area (Å²) < 4.78 is 24.3. The summed E-state index contributed by atoms with van der Waals surface area (Å²) in [6.07, 6.45) is -3.21. The van der Waals surface area contributed by atoms with E-state index >= 15 is 0 Å². The van der Waals surface area contributed by atoms with Gasteiger partial charge in [0.1, 0.15) is 0 Å². The first kappa shape index (κ1) is 12.0. The van der Waals surface area contributed by atoms with Crippen LogP contribution in [-0.2, 0) is 4.79 Å². The van der Waals surface area contributed by atoms with Gasteiger partial charge in [-0.15, -0.1) is 0 Å². The molecule has 0 spiro atoms. The maximum atomic E-state index is 12.1. The number of hydrogen-bond acceptors (Lipinski definition) is 3. The fraction of sp³-hybridized carbons (Fsp3) is 0.100. The Morgan fingerprint density at radius 2 is 1.83 bits per heavy atom. The van der Waals surface area contributed by atoms with Crippen molar-refractivity contribution in [1.82, 2.24) is 10.2 Å². The van der Waals surface area contributed by atoms with Crippen molar-refractivity contribution in [3.05, 3.63) is 38.9 Å². The number of fused-ring (bicyclic) bond motifs is 1. The topological polar surface area (TPSA) is 94.8 Å². The van der Waals surface area contributed by atoms with Crippen molar-refractivity contribution < 1.29 is 13.6 Å². The Bertz CT molecular complexity index is 720. The minimum Gasteiger partial charge on any atom is -0.320 e. The maximum absolute atomic E-state index is 12.1. The van der Waals surface area contributed by atoms with Gasteiger partial charge in [0, 0.05) is 0 Å². The maximum Gasteiger partial charge on any atom is 0.315 e. The van der Waals surface area contributed by atoms with Gasteiger partial charge >= 0.3 is 6.43 Å². The fourth-order valence-corrected chi connectivity index (χ4v) is 1.52. The summed E-state index contributed by atoms with van der Waals surface area (Å²) in [4.78, 5) is 33.8. The quantitative estimate of drug-likeness (QED) is 0.725. The number of aromatic amines is 2.